The molecule has 12 heteroatoms. The predicted molar refractivity (Wildman–Crippen MR) is 142 cm³/mol. The lowest BCUT2D eigenvalue weighted by molar-refractivity contribution is -0.130. The molecule has 9 nitrogen and oxygen atoms in total. The average molecular weight is 605 g/mol. The minimum atomic E-state index is -0.833. The van der Waals surface area contributed by atoms with Crippen molar-refractivity contribution in [1.29, 1.82) is 0 Å². The van der Waals surface area contributed by atoms with E-state index in [0.29, 0.717) is 11.3 Å². The van der Waals surface area contributed by atoms with E-state index >= 15 is 0 Å². The summed E-state index contributed by atoms with van der Waals surface area (Å²) < 4.78 is 39.2. The SMILES string of the molecule is COC(CNC(=O)c1ccc(C)c(-n2c(C)nc(OCc3ccc(F)cc3F)c(Br)c2=O)c1)C(=O)NC1CC1. The van der Waals surface area contributed by atoms with Crippen molar-refractivity contribution in [3.63, 3.8) is 0 Å². The van der Waals surface area contributed by atoms with Crippen LogP contribution < -0.4 is 20.9 Å². The van der Waals surface area contributed by atoms with E-state index in [1.807, 2.05) is 0 Å². The van der Waals surface area contributed by atoms with Gasteiger partial charge in [0.2, 0.25) is 5.88 Å². The number of rotatable bonds is 10. The first-order valence-corrected chi connectivity index (χ1v) is 13.0. The molecule has 1 fully saturated rings. The number of ether oxygens (including phenoxy) is 2. The van der Waals surface area contributed by atoms with Gasteiger partial charge in [0.1, 0.15) is 28.5 Å². The van der Waals surface area contributed by atoms with Gasteiger partial charge in [0, 0.05) is 30.3 Å². The largest absolute Gasteiger partial charge is 0.472 e. The summed E-state index contributed by atoms with van der Waals surface area (Å²) in [5.41, 5.74) is 0.981. The normalized spacial score (nSPS) is 13.6. The van der Waals surface area contributed by atoms with Crippen LogP contribution in [0.3, 0.4) is 0 Å². The lowest BCUT2D eigenvalue weighted by Crippen LogP contribution is -2.44. The first-order valence-electron chi connectivity index (χ1n) is 12.2. The fraction of sp³-hybridized carbons (Fsp3) is 0.333. The van der Waals surface area contributed by atoms with Crippen LogP contribution >= 0.6 is 15.9 Å². The van der Waals surface area contributed by atoms with Gasteiger partial charge >= 0.3 is 0 Å². The van der Waals surface area contributed by atoms with Crippen molar-refractivity contribution < 1.29 is 27.8 Å². The number of carbonyl (C=O) groups is 2. The third kappa shape index (κ3) is 6.69. The Morgan fingerprint density at radius 1 is 1.18 bits per heavy atom. The first kappa shape index (κ1) is 28.4. The molecule has 1 aromatic heterocycles. The van der Waals surface area contributed by atoms with Crippen molar-refractivity contribution >= 4 is 27.7 Å². The molecule has 2 aromatic carbocycles. The molecule has 206 valence electrons. The Morgan fingerprint density at radius 2 is 1.92 bits per heavy atom. The van der Waals surface area contributed by atoms with Gasteiger partial charge in [-0.3, -0.25) is 19.0 Å². The summed E-state index contributed by atoms with van der Waals surface area (Å²) in [4.78, 5) is 42.8. The highest BCUT2D eigenvalue weighted by molar-refractivity contribution is 9.10. The number of nitrogens with one attached hydrogen (secondary N) is 2. The van der Waals surface area contributed by atoms with Gasteiger partial charge in [-0.05, 0) is 72.4 Å². The molecule has 0 spiro atoms. The Hall–Kier alpha value is -3.64. The fourth-order valence-electron chi connectivity index (χ4n) is 3.83. The van der Waals surface area contributed by atoms with Crippen LogP contribution in [0.15, 0.2) is 45.7 Å². The van der Waals surface area contributed by atoms with Crippen LogP contribution in [0.1, 0.15) is 40.2 Å². The molecule has 1 aliphatic carbocycles. The van der Waals surface area contributed by atoms with E-state index in [1.54, 1.807) is 32.0 Å². The van der Waals surface area contributed by atoms with Gasteiger partial charge in [0.25, 0.3) is 17.4 Å². The summed E-state index contributed by atoms with van der Waals surface area (Å²) in [5.74, 6) is -2.02. The first-order chi connectivity index (χ1) is 18.6. The average Bonchev–Trinajstić information content (AvgIpc) is 3.71. The number of nitrogens with zero attached hydrogens (tertiary/aromatic N) is 2. The third-order valence-corrected chi connectivity index (χ3v) is 6.88. The molecule has 0 aliphatic heterocycles. The number of halogens is 3. The quantitative estimate of drug-likeness (QED) is 0.366. The maximum absolute atomic E-state index is 14.0. The van der Waals surface area contributed by atoms with Crippen molar-refractivity contribution in [2.45, 2.75) is 45.4 Å². The molecule has 1 heterocycles. The fourth-order valence-corrected chi connectivity index (χ4v) is 4.21. The van der Waals surface area contributed by atoms with Crippen LogP contribution in [-0.4, -0.2) is 47.2 Å². The molecule has 0 radical (unpaired) electrons. The Kier molecular flexibility index (Phi) is 8.76. The molecule has 2 N–H and O–H groups in total. The maximum Gasteiger partial charge on any atom is 0.276 e. The van der Waals surface area contributed by atoms with Gasteiger partial charge < -0.3 is 20.1 Å². The van der Waals surface area contributed by atoms with E-state index in [9.17, 15) is 23.2 Å². The van der Waals surface area contributed by atoms with E-state index in [1.165, 1.54) is 17.7 Å². The van der Waals surface area contributed by atoms with Crippen molar-refractivity contribution in [3.8, 4) is 11.6 Å². The number of aromatic nitrogens is 2. The number of aryl methyl sites for hydroxylation is 2. The molecule has 0 saturated heterocycles. The lowest BCUT2D eigenvalue weighted by Gasteiger charge is -2.17. The highest BCUT2D eigenvalue weighted by Gasteiger charge is 2.28. The van der Waals surface area contributed by atoms with Crippen molar-refractivity contribution in [1.82, 2.24) is 20.2 Å². The molecule has 1 aliphatic rings. The number of carbonyl (C=O) groups excluding carboxylic acids is 2. The van der Waals surface area contributed by atoms with Crippen LogP contribution in [0, 0.1) is 25.5 Å². The second-order valence-corrected chi connectivity index (χ2v) is 9.95. The highest BCUT2D eigenvalue weighted by Crippen LogP contribution is 2.24. The van der Waals surface area contributed by atoms with Crippen LogP contribution in [-0.2, 0) is 16.1 Å². The van der Waals surface area contributed by atoms with E-state index in [-0.39, 0.29) is 52.4 Å². The topological polar surface area (TPSA) is 112 Å². The minimum absolute atomic E-state index is 0.00511. The molecule has 39 heavy (non-hydrogen) atoms. The van der Waals surface area contributed by atoms with Crippen molar-refractivity contribution in [2.75, 3.05) is 13.7 Å². The van der Waals surface area contributed by atoms with Crippen LogP contribution in [0.25, 0.3) is 5.69 Å². The number of benzene rings is 2. The number of amides is 2. The van der Waals surface area contributed by atoms with Crippen LogP contribution in [0.4, 0.5) is 8.78 Å². The van der Waals surface area contributed by atoms with Gasteiger partial charge in [0.15, 0.2) is 6.10 Å². The molecule has 3 aromatic rings. The minimum Gasteiger partial charge on any atom is -0.472 e. The van der Waals surface area contributed by atoms with Gasteiger partial charge in [-0.25, -0.2) is 8.78 Å². The Labute approximate surface area is 231 Å². The van der Waals surface area contributed by atoms with Crippen molar-refractivity contribution in [3.05, 3.63) is 85.4 Å². The van der Waals surface area contributed by atoms with Gasteiger partial charge in [-0.2, -0.15) is 4.98 Å². The summed E-state index contributed by atoms with van der Waals surface area (Å²) in [5, 5.41) is 5.54. The standard InChI is InChI=1S/C27H27BrF2N4O5/c1-14-4-5-16(24(35)31-12-22(38-3)25(36)33-19-8-9-19)10-21(14)34-15(2)32-26(23(28)27(34)37)39-13-17-6-7-18(29)11-20(17)30/h4-7,10-11,19,22H,8-9,12-13H2,1-3H3,(H,31,35)(H,33,36). The van der Waals surface area contributed by atoms with Crippen LogP contribution in [0.5, 0.6) is 5.88 Å². The molecule has 1 saturated carbocycles. The molecular formula is C27H27BrF2N4O5. The van der Waals surface area contributed by atoms with E-state index in [4.69, 9.17) is 9.47 Å². The van der Waals surface area contributed by atoms with Gasteiger partial charge in [-0.1, -0.05) is 6.07 Å². The zero-order valence-corrected chi connectivity index (χ0v) is 23.1. The van der Waals surface area contributed by atoms with Crippen molar-refractivity contribution in [2.24, 2.45) is 0 Å². The summed E-state index contributed by atoms with van der Waals surface area (Å²) in [6, 6.07) is 8.12. The Balaban J connectivity index is 1.53. The summed E-state index contributed by atoms with van der Waals surface area (Å²) in [6.07, 6.45) is 1.04. The lowest BCUT2D eigenvalue weighted by atomic mass is 10.1. The molecule has 4 rings (SSSR count). The smallest absolute Gasteiger partial charge is 0.276 e. The second-order valence-electron chi connectivity index (χ2n) is 9.16. The number of hydrogen-bond acceptors (Lipinski definition) is 6. The predicted octanol–water partition coefficient (Wildman–Crippen LogP) is 3.49. The summed E-state index contributed by atoms with van der Waals surface area (Å²) in [6.45, 7) is 3.08. The highest BCUT2D eigenvalue weighted by atomic mass is 79.9. The van der Waals surface area contributed by atoms with E-state index in [2.05, 4.69) is 31.5 Å². The van der Waals surface area contributed by atoms with Gasteiger partial charge in [-0.15, -0.1) is 0 Å². The molecule has 2 amide bonds. The van der Waals surface area contributed by atoms with Gasteiger partial charge in [0.05, 0.1) is 12.2 Å². The molecular weight excluding hydrogens is 578 g/mol. The molecule has 0 bridgehead atoms. The maximum atomic E-state index is 14.0. The summed E-state index contributed by atoms with van der Waals surface area (Å²) in [7, 11) is 1.40. The zero-order chi connectivity index (χ0) is 28.3. The molecule has 1 atom stereocenters. The number of methoxy groups -OCH3 is 1. The Morgan fingerprint density at radius 3 is 2.59 bits per heavy atom. The Bertz CT molecular complexity index is 1480. The number of hydrogen-bond donors (Lipinski definition) is 2. The molecule has 1 unspecified atom stereocenters. The third-order valence-electron chi connectivity index (χ3n) is 6.21. The zero-order valence-electron chi connectivity index (χ0n) is 21.5. The van der Waals surface area contributed by atoms with E-state index < -0.39 is 29.2 Å². The monoisotopic (exact) mass is 604 g/mol. The summed E-state index contributed by atoms with van der Waals surface area (Å²) >= 11 is 3.22. The van der Waals surface area contributed by atoms with Crippen LogP contribution in [0.2, 0.25) is 0 Å². The second kappa shape index (κ2) is 12.0. The van der Waals surface area contributed by atoms with E-state index in [0.717, 1.165) is 25.0 Å².